The number of rotatable bonds is 6. The Morgan fingerprint density at radius 2 is 1.97 bits per heavy atom. The van der Waals surface area contributed by atoms with E-state index in [9.17, 15) is 19.8 Å². The molecule has 11 nitrogen and oxygen atoms in total. The minimum atomic E-state index is -1.44. The zero-order chi connectivity index (χ0) is 21.3. The van der Waals surface area contributed by atoms with Crippen LogP contribution in [-0.2, 0) is 20.7 Å². The van der Waals surface area contributed by atoms with E-state index in [1.54, 1.807) is 0 Å². The van der Waals surface area contributed by atoms with Gasteiger partial charge in [-0.3, -0.25) is 9.36 Å². The van der Waals surface area contributed by atoms with Crippen molar-refractivity contribution < 1.29 is 24.5 Å². The number of imidazole rings is 1. The molecule has 1 aliphatic heterocycles. The average Bonchev–Trinajstić information content (AvgIpc) is 3.30. The Hall–Kier alpha value is -3.57. The Morgan fingerprint density at radius 3 is 2.70 bits per heavy atom. The summed E-state index contributed by atoms with van der Waals surface area (Å²) in [7, 11) is 0. The molecule has 3 aromatic rings. The maximum Gasteiger partial charge on any atom is 0.335 e. The third-order valence-electron chi connectivity index (χ3n) is 4.99. The lowest BCUT2D eigenvalue weighted by Crippen LogP contribution is -2.49. The van der Waals surface area contributed by atoms with Gasteiger partial charge in [-0.1, -0.05) is 30.3 Å². The summed E-state index contributed by atoms with van der Waals surface area (Å²) in [6.07, 6.45) is -0.717. The molecule has 0 saturated carbocycles. The number of nitrogens with one attached hydrogen (secondary N) is 1. The molecule has 156 valence electrons. The molecule has 0 bridgehead atoms. The normalized spacial score (nSPS) is 23.5. The number of carbonyl (C=O) groups excluding carboxylic acids is 1. The van der Waals surface area contributed by atoms with Gasteiger partial charge in [0.05, 0.1) is 12.4 Å². The summed E-state index contributed by atoms with van der Waals surface area (Å²) >= 11 is 0. The Labute approximate surface area is 170 Å². The first kappa shape index (κ1) is 19.7. The highest BCUT2D eigenvalue weighted by molar-refractivity contribution is 5.82. The van der Waals surface area contributed by atoms with Crippen molar-refractivity contribution in [3.05, 3.63) is 48.5 Å². The maximum absolute atomic E-state index is 12.4. The summed E-state index contributed by atoms with van der Waals surface area (Å²) < 4.78 is 6.94. The van der Waals surface area contributed by atoms with E-state index in [0.29, 0.717) is 11.9 Å². The second-order valence-electron chi connectivity index (χ2n) is 6.94. The monoisotopic (exact) mass is 412 g/mol. The van der Waals surface area contributed by atoms with Gasteiger partial charge >= 0.3 is 5.97 Å². The van der Waals surface area contributed by atoms with Crippen LogP contribution in [0.4, 0.5) is 5.82 Å². The van der Waals surface area contributed by atoms with Crippen molar-refractivity contribution >= 4 is 28.9 Å². The van der Waals surface area contributed by atoms with Gasteiger partial charge in [0.1, 0.15) is 17.9 Å². The molecule has 4 atom stereocenters. The smallest absolute Gasteiger partial charge is 0.335 e. The Bertz CT molecular complexity index is 1070. The molecule has 1 saturated heterocycles. The lowest BCUT2D eigenvalue weighted by molar-refractivity contribution is -0.152. The fourth-order valence-corrected chi connectivity index (χ4v) is 3.49. The quantitative estimate of drug-likeness (QED) is 0.431. The summed E-state index contributed by atoms with van der Waals surface area (Å²) in [5.74, 6) is -1.55. The van der Waals surface area contributed by atoms with Crippen LogP contribution in [0.2, 0.25) is 0 Å². The third kappa shape index (κ3) is 3.67. The van der Waals surface area contributed by atoms with Gasteiger partial charge in [0.25, 0.3) is 0 Å². The molecule has 1 aliphatic rings. The summed E-state index contributed by atoms with van der Waals surface area (Å²) in [6, 6.07) is 8.28. The van der Waals surface area contributed by atoms with Gasteiger partial charge in [-0.2, -0.15) is 0 Å². The van der Waals surface area contributed by atoms with Crippen molar-refractivity contribution in [2.45, 2.75) is 37.3 Å². The number of benzene rings is 1. The number of hydrogen-bond acceptors (Lipinski definition) is 8. The summed E-state index contributed by atoms with van der Waals surface area (Å²) in [4.78, 5) is 36.1. The van der Waals surface area contributed by atoms with E-state index < -0.39 is 30.4 Å². The first-order valence-electron chi connectivity index (χ1n) is 9.28. The molecule has 0 aliphatic carbocycles. The van der Waals surface area contributed by atoms with Gasteiger partial charge in [0.15, 0.2) is 23.8 Å². The maximum atomic E-state index is 12.4. The highest BCUT2D eigenvalue weighted by Crippen LogP contribution is 2.32. The van der Waals surface area contributed by atoms with Crippen molar-refractivity contribution in [2.24, 2.45) is 0 Å². The summed E-state index contributed by atoms with van der Waals surface area (Å²) in [5.41, 5.74) is 7.33. The number of anilines is 1. The topological polar surface area (TPSA) is 165 Å². The number of ether oxygens (including phenoxy) is 1. The third-order valence-corrected chi connectivity index (χ3v) is 4.99. The zero-order valence-electron chi connectivity index (χ0n) is 15.8. The Morgan fingerprint density at radius 1 is 1.20 bits per heavy atom. The minimum absolute atomic E-state index is 0.141. The van der Waals surface area contributed by atoms with Crippen molar-refractivity contribution in [1.29, 1.82) is 0 Å². The van der Waals surface area contributed by atoms with E-state index >= 15 is 0 Å². The summed E-state index contributed by atoms with van der Waals surface area (Å²) in [5, 5.41) is 22.9. The molecule has 0 radical (unpaired) electrons. The number of aliphatic carboxylic acids is 1. The van der Waals surface area contributed by atoms with Crippen LogP contribution in [0.3, 0.4) is 0 Å². The molecule has 30 heavy (non-hydrogen) atoms. The number of fused-ring (bicyclic) bond motifs is 1. The predicted molar refractivity (Wildman–Crippen MR) is 104 cm³/mol. The number of carboxylic acid groups (broad SMARTS) is 1. The largest absolute Gasteiger partial charge is 0.479 e. The number of aliphatic hydroxyl groups excluding tert-OH is 1. The van der Waals surface area contributed by atoms with Crippen LogP contribution >= 0.6 is 0 Å². The zero-order valence-corrected chi connectivity index (χ0v) is 15.8. The van der Waals surface area contributed by atoms with Gasteiger partial charge in [0, 0.05) is 6.42 Å². The van der Waals surface area contributed by atoms with Crippen LogP contribution in [-0.4, -0.2) is 59.9 Å². The molecule has 1 aromatic carbocycles. The molecule has 2 aromatic heterocycles. The first-order valence-corrected chi connectivity index (χ1v) is 9.28. The fourth-order valence-electron chi connectivity index (χ4n) is 3.49. The minimum Gasteiger partial charge on any atom is -0.479 e. The van der Waals surface area contributed by atoms with Crippen molar-refractivity contribution in [2.75, 3.05) is 5.73 Å². The van der Waals surface area contributed by atoms with Crippen LogP contribution in [0.1, 0.15) is 18.2 Å². The van der Waals surface area contributed by atoms with E-state index in [2.05, 4.69) is 20.3 Å². The molecule has 11 heteroatoms. The molecule has 0 spiro atoms. The number of carboxylic acids is 1. The molecule has 5 N–H and O–H groups in total. The van der Waals surface area contributed by atoms with Gasteiger partial charge in [-0.25, -0.2) is 19.7 Å². The summed E-state index contributed by atoms with van der Waals surface area (Å²) in [6.45, 7) is 0. The number of aryl methyl sites for hydroxylation is 1. The molecular weight excluding hydrogens is 392 g/mol. The predicted octanol–water partition coefficient (Wildman–Crippen LogP) is -0.131. The number of aliphatic hydroxyl groups is 1. The van der Waals surface area contributed by atoms with Gasteiger partial charge in [-0.05, 0) is 12.0 Å². The van der Waals surface area contributed by atoms with E-state index in [0.717, 1.165) is 5.56 Å². The van der Waals surface area contributed by atoms with Gasteiger partial charge in [0.2, 0.25) is 5.91 Å². The fraction of sp³-hybridized carbons (Fsp3) is 0.316. The highest BCUT2D eigenvalue weighted by atomic mass is 16.6. The van der Waals surface area contributed by atoms with Crippen molar-refractivity contribution in [3.8, 4) is 0 Å². The number of hydrogen-bond donors (Lipinski definition) is 4. The molecule has 1 amide bonds. The van der Waals surface area contributed by atoms with Crippen LogP contribution in [0.5, 0.6) is 0 Å². The second kappa shape index (κ2) is 8.05. The van der Waals surface area contributed by atoms with Crippen molar-refractivity contribution in [3.63, 3.8) is 0 Å². The Balaban J connectivity index is 1.51. The number of aromatic nitrogens is 4. The first-order chi connectivity index (χ1) is 14.5. The number of amides is 1. The second-order valence-corrected chi connectivity index (χ2v) is 6.94. The lowest BCUT2D eigenvalue weighted by atomic mass is 10.1. The van der Waals surface area contributed by atoms with E-state index in [1.807, 2.05) is 30.3 Å². The number of nitrogens with two attached hydrogens (primary N) is 1. The standard InChI is InChI=1S/C19H20N6O5/c20-16-13-17(22-8-21-16)25(9-23-13)18-14(27)12(15(30-18)19(28)29)24-11(26)7-6-10-4-2-1-3-5-10/h1-5,8-9,12,14-15,18,27H,6-7H2,(H,24,26)(H,28,29)(H2,20,21,22)/t12-,14+,15-,18+/m0/s1. The molecule has 4 rings (SSSR count). The van der Waals surface area contributed by atoms with Crippen LogP contribution in [0.25, 0.3) is 11.2 Å². The number of nitrogen functional groups attached to an aromatic ring is 1. The van der Waals surface area contributed by atoms with Crippen LogP contribution in [0.15, 0.2) is 43.0 Å². The molecule has 0 unspecified atom stereocenters. The van der Waals surface area contributed by atoms with E-state index in [1.165, 1.54) is 17.2 Å². The number of nitrogens with zero attached hydrogens (tertiary/aromatic N) is 4. The number of carbonyl (C=O) groups is 2. The van der Waals surface area contributed by atoms with Gasteiger partial charge < -0.3 is 26.0 Å². The molecular formula is C19H20N6O5. The van der Waals surface area contributed by atoms with Crippen LogP contribution < -0.4 is 11.1 Å². The Kier molecular flexibility index (Phi) is 5.29. The molecule has 1 fully saturated rings. The molecule has 3 heterocycles. The van der Waals surface area contributed by atoms with Crippen molar-refractivity contribution in [1.82, 2.24) is 24.8 Å². The van der Waals surface area contributed by atoms with Gasteiger partial charge in [-0.15, -0.1) is 0 Å². The lowest BCUT2D eigenvalue weighted by Gasteiger charge is -2.20. The SMILES string of the molecule is Nc1ncnc2c1ncn2[C@@H]1O[C@H](C(=O)O)[C@@H](NC(=O)CCc2ccccc2)[C@H]1O. The average molecular weight is 412 g/mol. The highest BCUT2D eigenvalue weighted by Gasteiger charge is 2.49. The van der Waals surface area contributed by atoms with Crippen LogP contribution in [0, 0.1) is 0 Å². The van der Waals surface area contributed by atoms with E-state index in [4.69, 9.17) is 10.5 Å². The van der Waals surface area contributed by atoms with E-state index in [-0.39, 0.29) is 23.8 Å².